The quantitative estimate of drug-likeness (QED) is 0.284. The van der Waals surface area contributed by atoms with Gasteiger partial charge in [0.25, 0.3) is 0 Å². The van der Waals surface area contributed by atoms with Crippen molar-refractivity contribution in [3.63, 3.8) is 0 Å². The molecule has 0 aromatic heterocycles. The fraction of sp³-hybridized carbons (Fsp3) is 0.818. The third-order valence-electron chi connectivity index (χ3n) is 2.23. The van der Waals surface area contributed by atoms with E-state index in [-0.39, 0.29) is 13.2 Å². The molecule has 0 amide bonds. The summed E-state index contributed by atoms with van der Waals surface area (Å²) < 4.78 is 0. The Hall–Kier alpha value is -1.22. The second kappa shape index (κ2) is 13.2. The Morgan fingerprint density at radius 2 is 1.16 bits per heavy atom. The molecule has 0 heterocycles. The van der Waals surface area contributed by atoms with E-state index in [1.54, 1.807) is 0 Å². The van der Waals surface area contributed by atoms with Gasteiger partial charge in [-0.2, -0.15) is 0 Å². The first kappa shape index (κ1) is 20.1. The zero-order valence-corrected chi connectivity index (χ0v) is 10.9. The summed E-state index contributed by atoms with van der Waals surface area (Å²) in [5.41, 5.74) is 10.3. The van der Waals surface area contributed by atoms with Crippen molar-refractivity contribution in [2.24, 2.45) is 11.5 Å². The first-order valence-corrected chi connectivity index (χ1v) is 6.05. The Kier molecular flexibility index (Phi) is 14.0. The van der Waals surface area contributed by atoms with Gasteiger partial charge in [0.15, 0.2) is 0 Å². The summed E-state index contributed by atoms with van der Waals surface area (Å²) in [6.07, 6.45) is 2.53. The highest BCUT2D eigenvalue weighted by Gasteiger charge is 2.09. The Bertz CT molecular complexity index is 249. The van der Waals surface area contributed by atoms with Crippen LogP contribution in [0.1, 0.15) is 32.1 Å². The zero-order chi connectivity index (χ0) is 15.3. The summed E-state index contributed by atoms with van der Waals surface area (Å²) in [6, 6.07) is -1.59. The van der Waals surface area contributed by atoms with Crippen LogP contribution in [0.15, 0.2) is 0 Å². The van der Waals surface area contributed by atoms with Crippen LogP contribution in [0, 0.1) is 0 Å². The number of carboxylic acids is 2. The Morgan fingerprint density at radius 3 is 1.47 bits per heavy atom. The number of rotatable bonds is 9. The topological polar surface area (TPSA) is 167 Å². The molecule has 0 aromatic carbocycles. The Labute approximate surface area is 112 Å². The molecular weight excluding hydrogens is 256 g/mol. The van der Waals surface area contributed by atoms with Crippen LogP contribution in [0.4, 0.5) is 0 Å². The molecule has 8 nitrogen and oxygen atoms in total. The first-order valence-electron chi connectivity index (χ1n) is 6.05. The smallest absolute Gasteiger partial charge is 0.320 e. The lowest BCUT2D eigenvalue weighted by atomic mass is 10.1. The minimum Gasteiger partial charge on any atom is -0.480 e. The standard InChI is InChI=1S/C6H13NO3.C5H11NO3/c7-5(6(9)10)3-1-2-4-8;6-4(5(8)9)2-1-3-7/h5,8H,1-4,7H2,(H,9,10);4,7H,1-3,6H2,(H,8,9)/t5-;4-/m01/s1. The number of aliphatic carboxylic acids is 2. The van der Waals surface area contributed by atoms with Crippen molar-refractivity contribution < 1.29 is 30.0 Å². The number of aliphatic hydroxyl groups excluding tert-OH is 2. The van der Waals surface area contributed by atoms with Crippen LogP contribution in [0.25, 0.3) is 0 Å². The molecule has 0 aliphatic carbocycles. The van der Waals surface area contributed by atoms with E-state index in [9.17, 15) is 9.59 Å². The lowest BCUT2D eigenvalue weighted by Gasteiger charge is -2.03. The summed E-state index contributed by atoms with van der Waals surface area (Å²) in [4.78, 5) is 20.1. The summed E-state index contributed by atoms with van der Waals surface area (Å²) in [5.74, 6) is -1.98. The van der Waals surface area contributed by atoms with E-state index in [0.29, 0.717) is 32.1 Å². The minimum absolute atomic E-state index is 0.000972. The lowest BCUT2D eigenvalue weighted by Crippen LogP contribution is -2.29. The zero-order valence-electron chi connectivity index (χ0n) is 10.9. The lowest BCUT2D eigenvalue weighted by molar-refractivity contribution is -0.139. The highest BCUT2D eigenvalue weighted by molar-refractivity contribution is 5.73. The minimum atomic E-state index is -1.01. The molecule has 0 spiro atoms. The number of hydrogen-bond donors (Lipinski definition) is 6. The molecule has 2 atom stereocenters. The molecule has 19 heavy (non-hydrogen) atoms. The van der Waals surface area contributed by atoms with Gasteiger partial charge in [-0.05, 0) is 32.1 Å². The van der Waals surface area contributed by atoms with Crippen LogP contribution in [0.2, 0.25) is 0 Å². The van der Waals surface area contributed by atoms with E-state index < -0.39 is 24.0 Å². The number of carboxylic acid groups (broad SMARTS) is 2. The average molecular weight is 280 g/mol. The normalized spacial score (nSPS) is 13.1. The molecule has 114 valence electrons. The summed E-state index contributed by atoms with van der Waals surface area (Å²) in [5, 5.41) is 33.1. The van der Waals surface area contributed by atoms with Gasteiger partial charge in [-0.15, -0.1) is 0 Å². The van der Waals surface area contributed by atoms with Gasteiger partial charge in [0.1, 0.15) is 12.1 Å². The third kappa shape index (κ3) is 14.7. The van der Waals surface area contributed by atoms with Crippen LogP contribution in [0.3, 0.4) is 0 Å². The van der Waals surface area contributed by atoms with Gasteiger partial charge in [0, 0.05) is 13.2 Å². The fourth-order valence-electron chi connectivity index (χ4n) is 1.03. The molecule has 8 heteroatoms. The molecule has 0 rings (SSSR count). The predicted molar refractivity (Wildman–Crippen MR) is 68.5 cm³/mol. The molecule has 0 aromatic rings. The van der Waals surface area contributed by atoms with Crippen molar-refractivity contribution in [2.75, 3.05) is 13.2 Å². The van der Waals surface area contributed by atoms with Crippen molar-refractivity contribution in [3.8, 4) is 0 Å². The van der Waals surface area contributed by atoms with E-state index in [0.717, 1.165) is 0 Å². The van der Waals surface area contributed by atoms with E-state index in [1.165, 1.54) is 0 Å². The summed E-state index contributed by atoms with van der Waals surface area (Å²) in [6.45, 7) is 0.104. The highest BCUT2D eigenvalue weighted by atomic mass is 16.4. The Balaban J connectivity index is 0. The summed E-state index contributed by atoms with van der Waals surface area (Å²) >= 11 is 0. The number of unbranched alkanes of at least 4 members (excludes halogenated alkanes) is 1. The molecule has 0 saturated carbocycles. The van der Waals surface area contributed by atoms with Crippen LogP contribution in [0.5, 0.6) is 0 Å². The molecule has 0 aliphatic rings. The maximum Gasteiger partial charge on any atom is 0.320 e. The molecule has 8 N–H and O–H groups in total. The van der Waals surface area contributed by atoms with Crippen LogP contribution < -0.4 is 11.5 Å². The van der Waals surface area contributed by atoms with Crippen molar-refractivity contribution in [1.82, 2.24) is 0 Å². The molecular formula is C11H24N2O6. The fourth-order valence-corrected chi connectivity index (χ4v) is 1.03. The predicted octanol–water partition coefficient (Wildman–Crippen LogP) is -1.27. The third-order valence-corrected chi connectivity index (χ3v) is 2.23. The van der Waals surface area contributed by atoms with E-state index in [2.05, 4.69) is 0 Å². The van der Waals surface area contributed by atoms with E-state index in [4.69, 9.17) is 31.9 Å². The number of hydrogen-bond acceptors (Lipinski definition) is 6. The monoisotopic (exact) mass is 280 g/mol. The van der Waals surface area contributed by atoms with Crippen LogP contribution >= 0.6 is 0 Å². The van der Waals surface area contributed by atoms with E-state index >= 15 is 0 Å². The second-order valence-corrected chi connectivity index (χ2v) is 3.97. The van der Waals surface area contributed by atoms with Gasteiger partial charge in [-0.3, -0.25) is 9.59 Å². The largest absolute Gasteiger partial charge is 0.480 e. The van der Waals surface area contributed by atoms with Crippen LogP contribution in [-0.2, 0) is 9.59 Å². The number of nitrogens with two attached hydrogens (primary N) is 2. The van der Waals surface area contributed by atoms with Crippen molar-refractivity contribution >= 4 is 11.9 Å². The molecule has 0 unspecified atom stereocenters. The van der Waals surface area contributed by atoms with Crippen molar-refractivity contribution in [1.29, 1.82) is 0 Å². The van der Waals surface area contributed by atoms with Gasteiger partial charge < -0.3 is 31.9 Å². The van der Waals surface area contributed by atoms with Gasteiger partial charge in [0.05, 0.1) is 0 Å². The molecule has 0 bridgehead atoms. The van der Waals surface area contributed by atoms with E-state index in [1.807, 2.05) is 0 Å². The second-order valence-electron chi connectivity index (χ2n) is 3.97. The van der Waals surface area contributed by atoms with Crippen molar-refractivity contribution in [2.45, 2.75) is 44.2 Å². The molecule has 0 radical (unpaired) electrons. The molecule has 0 aliphatic heterocycles. The van der Waals surface area contributed by atoms with Gasteiger partial charge >= 0.3 is 11.9 Å². The number of aliphatic hydroxyl groups is 2. The molecule has 0 saturated heterocycles. The van der Waals surface area contributed by atoms with Crippen molar-refractivity contribution in [3.05, 3.63) is 0 Å². The van der Waals surface area contributed by atoms with Gasteiger partial charge in [0.2, 0.25) is 0 Å². The maximum absolute atomic E-state index is 10.1. The van der Waals surface area contributed by atoms with Gasteiger partial charge in [-0.1, -0.05) is 0 Å². The molecule has 0 fully saturated rings. The SMILES string of the molecule is N[C@@H](CCCCO)C(=O)O.N[C@H](CCCO)C(=O)O. The average Bonchev–Trinajstić information content (AvgIpc) is 2.36. The Morgan fingerprint density at radius 1 is 0.789 bits per heavy atom. The summed E-state index contributed by atoms with van der Waals surface area (Å²) in [7, 11) is 0. The van der Waals surface area contributed by atoms with Gasteiger partial charge in [-0.25, -0.2) is 0 Å². The number of carbonyl (C=O) groups is 2. The first-order chi connectivity index (χ1) is 8.86. The van der Waals surface area contributed by atoms with Crippen LogP contribution in [-0.4, -0.2) is 57.7 Å². The highest BCUT2D eigenvalue weighted by Crippen LogP contribution is 1.97. The maximum atomic E-state index is 10.1.